The Morgan fingerprint density at radius 3 is 1.70 bits per heavy atom. The smallest absolute Gasteiger partial charge is 0.264 e. The molecule has 0 saturated carbocycles. The van der Waals surface area contributed by atoms with Crippen molar-refractivity contribution in [3.8, 4) is 0 Å². The average molecular weight is 300 g/mol. The zero-order valence-corrected chi connectivity index (χ0v) is 13.2. The molecule has 0 bridgehead atoms. The average Bonchev–Trinajstić information content (AvgIpc) is 2.87. The van der Waals surface area contributed by atoms with Gasteiger partial charge in [0.05, 0.1) is 5.75 Å². The first-order chi connectivity index (χ1) is 9.58. The van der Waals surface area contributed by atoms with E-state index in [0.29, 0.717) is 12.3 Å². The van der Waals surface area contributed by atoms with E-state index in [1.54, 1.807) is 0 Å². The second-order valence-corrected chi connectivity index (χ2v) is 7.26. The highest BCUT2D eigenvalue weighted by atomic mass is 32.2. The minimum Gasteiger partial charge on any atom is -0.286 e. The fraction of sp³-hybridized carbons (Fsp3) is 0.750. The minimum atomic E-state index is -3.75. The lowest BCUT2D eigenvalue weighted by Gasteiger charge is -2.05. The predicted molar refractivity (Wildman–Crippen MR) is 84.4 cm³/mol. The van der Waals surface area contributed by atoms with E-state index in [0.717, 1.165) is 12.8 Å². The summed E-state index contributed by atoms with van der Waals surface area (Å²) in [5.41, 5.74) is 0. The maximum Gasteiger partial charge on any atom is 0.264 e. The molecule has 0 radical (unpaired) electrons. The summed E-state index contributed by atoms with van der Waals surface area (Å²) in [5, 5.41) is 0. The highest BCUT2D eigenvalue weighted by Gasteiger charge is 2.03. The number of hydrogen-bond acceptors (Lipinski definition) is 2. The van der Waals surface area contributed by atoms with Crippen molar-refractivity contribution in [3.63, 3.8) is 0 Å². The fourth-order valence-corrected chi connectivity index (χ4v) is 3.14. The van der Waals surface area contributed by atoms with Crippen LogP contribution < -0.4 is 0 Å². The molecule has 0 spiro atoms. The molecule has 1 aliphatic carbocycles. The van der Waals surface area contributed by atoms with Crippen LogP contribution in [-0.4, -0.2) is 18.7 Å². The molecule has 0 unspecified atom stereocenters. The van der Waals surface area contributed by atoms with Crippen molar-refractivity contribution in [2.24, 2.45) is 5.92 Å². The van der Waals surface area contributed by atoms with Gasteiger partial charge in [-0.1, -0.05) is 75.7 Å². The molecule has 0 fully saturated rings. The lowest BCUT2D eigenvalue weighted by Crippen LogP contribution is -2.03. The van der Waals surface area contributed by atoms with Crippen LogP contribution in [0.4, 0.5) is 0 Å². The molecule has 0 heterocycles. The summed E-state index contributed by atoms with van der Waals surface area (Å²) in [5.74, 6) is 0.592. The Kier molecular flexibility index (Phi) is 8.86. The van der Waals surface area contributed by atoms with E-state index >= 15 is 0 Å². The number of allylic oxidation sites excluding steroid dienone is 4. The van der Waals surface area contributed by atoms with Gasteiger partial charge in [-0.2, -0.15) is 8.42 Å². The van der Waals surface area contributed by atoms with Crippen LogP contribution in [0.1, 0.15) is 64.2 Å². The first-order valence-electron chi connectivity index (χ1n) is 7.88. The zero-order valence-electron chi connectivity index (χ0n) is 12.3. The van der Waals surface area contributed by atoms with E-state index in [2.05, 4.69) is 24.3 Å². The van der Waals surface area contributed by atoms with Crippen molar-refractivity contribution in [2.45, 2.75) is 64.2 Å². The van der Waals surface area contributed by atoms with Crippen LogP contribution in [0.2, 0.25) is 0 Å². The van der Waals surface area contributed by atoms with Gasteiger partial charge >= 0.3 is 0 Å². The largest absolute Gasteiger partial charge is 0.286 e. The number of unbranched alkanes of at least 4 members (excludes halogenated alkanes) is 8. The van der Waals surface area contributed by atoms with Gasteiger partial charge in [0.15, 0.2) is 0 Å². The number of hydrogen-bond donors (Lipinski definition) is 1. The number of rotatable bonds is 12. The van der Waals surface area contributed by atoms with Gasteiger partial charge in [-0.25, -0.2) is 0 Å². The summed E-state index contributed by atoms with van der Waals surface area (Å²) in [6, 6.07) is 0. The summed E-state index contributed by atoms with van der Waals surface area (Å²) < 4.78 is 29.6. The fourth-order valence-electron chi connectivity index (χ4n) is 2.57. The van der Waals surface area contributed by atoms with E-state index in [1.165, 1.54) is 44.9 Å². The zero-order chi connectivity index (χ0) is 14.7. The van der Waals surface area contributed by atoms with Gasteiger partial charge in [0.2, 0.25) is 0 Å². The Balaban J connectivity index is 1.76. The molecule has 0 aliphatic heterocycles. The Hall–Kier alpha value is -0.610. The van der Waals surface area contributed by atoms with E-state index in [-0.39, 0.29) is 5.75 Å². The van der Waals surface area contributed by atoms with Crippen molar-refractivity contribution in [1.29, 1.82) is 0 Å². The van der Waals surface area contributed by atoms with Crippen molar-refractivity contribution < 1.29 is 13.0 Å². The molecular formula is C16H28O3S. The van der Waals surface area contributed by atoms with Crippen molar-refractivity contribution in [1.82, 2.24) is 0 Å². The molecule has 20 heavy (non-hydrogen) atoms. The summed E-state index contributed by atoms with van der Waals surface area (Å²) >= 11 is 0. The quantitative estimate of drug-likeness (QED) is 0.426. The predicted octanol–water partition coefficient (Wildman–Crippen LogP) is 4.52. The highest BCUT2D eigenvalue weighted by molar-refractivity contribution is 7.85. The van der Waals surface area contributed by atoms with Gasteiger partial charge in [-0.15, -0.1) is 0 Å². The van der Waals surface area contributed by atoms with Gasteiger partial charge in [-0.3, -0.25) is 4.55 Å². The third kappa shape index (κ3) is 10.2. The van der Waals surface area contributed by atoms with Gasteiger partial charge in [0, 0.05) is 0 Å². The summed E-state index contributed by atoms with van der Waals surface area (Å²) in [7, 11) is -3.75. The molecule has 0 atom stereocenters. The second-order valence-electron chi connectivity index (χ2n) is 5.69. The first-order valence-corrected chi connectivity index (χ1v) is 9.49. The van der Waals surface area contributed by atoms with Crippen LogP contribution in [0.5, 0.6) is 0 Å². The summed E-state index contributed by atoms with van der Waals surface area (Å²) in [6.07, 6.45) is 20.3. The Labute approximate surface area is 123 Å². The molecule has 0 saturated heterocycles. The van der Waals surface area contributed by atoms with Crippen LogP contribution in [0, 0.1) is 5.92 Å². The molecule has 1 N–H and O–H groups in total. The molecule has 0 aromatic heterocycles. The summed E-state index contributed by atoms with van der Waals surface area (Å²) in [4.78, 5) is 0. The van der Waals surface area contributed by atoms with E-state index < -0.39 is 10.1 Å². The van der Waals surface area contributed by atoms with Crippen molar-refractivity contribution in [2.75, 3.05) is 5.75 Å². The molecule has 0 aromatic rings. The monoisotopic (exact) mass is 300 g/mol. The van der Waals surface area contributed by atoms with Crippen molar-refractivity contribution >= 4 is 10.1 Å². The molecule has 0 amide bonds. The second kappa shape index (κ2) is 10.2. The molecule has 1 aliphatic rings. The maximum absolute atomic E-state index is 10.5. The summed E-state index contributed by atoms with van der Waals surface area (Å²) in [6.45, 7) is 0. The van der Waals surface area contributed by atoms with Gasteiger partial charge < -0.3 is 0 Å². The molecule has 0 aromatic carbocycles. The SMILES string of the molecule is O=S(=O)(O)CCCCCCCCCCCC1C=CC=C1. The van der Waals surface area contributed by atoms with Gasteiger partial charge in [0.1, 0.15) is 0 Å². The molecular weight excluding hydrogens is 272 g/mol. The molecule has 1 rings (SSSR count). The van der Waals surface area contributed by atoms with E-state index in [1.807, 2.05) is 0 Å². The molecule has 116 valence electrons. The first kappa shape index (κ1) is 17.4. The Morgan fingerprint density at radius 1 is 0.750 bits per heavy atom. The van der Waals surface area contributed by atoms with Crippen LogP contribution >= 0.6 is 0 Å². The minimum absolute atomic E-state index is 0.0863. The maximum atomic E-state index is 10.5. The van der Waals surface area contributed by atoms with E-state index in [4.69, 9.17) is 4.55 Å². The van der Waals surface area contributed by atoms with Crippen LogP contribution in [-0.2, 0) is 10.1 Å². The van der Waals surface area contributed by atoms with Gasteiger partial charge in [0.25, 0.3) is 10.1 Å². The third-order valence-electron chi connectivity index (χ3n) is 3.77. The lowest BCUT2D eigenvalue weighted by atomic mass is 10.0. The Bertz CT molecular complexity index is 384. The Morgan fingerprint density at radius 2 is 1.20 bits per heavy atom. The topological polar surface area (TPSA) is 54.4 Å². The van der Waals surface area contributed by atoms with Crippen LogP contribution in [0.15, 0.2) is 24.3 Å². The van der Waals surface area contributed by atoms with Crippen LogP contribution in [0.25, 0.3) is 0 Å². The third-order valence-corrected chi connectivity index (χ3v) is 4.57. The van der Waals surface area contributed by atoms with Gasteiger partial charge in [-0.05, 0) is 18.8 Å². The molecule has 4 heteroatoms. The molecule has 3 nitrogen and oxygen atoms in total. The normalized spacial score (nSPS) is 15.2. The lowest BCUT2D eigenvalue weighted by molar-refractivity contribution is 0.478. The standard InChI is InChI=1S/C16H28O3S/c17-20(18,19)15-11-7-5-3-1-2-4-6-8-12-16-13-9-10-14-16/h9-10,13-14,16H,1-8,11-12,15H2,(H,17,18,19). The van der Waals surface area contributed by atoms with Crippen molar-refractivity contribution in [3.05, 3.63) is 24.3 Å². The van der Waals surface area contributed by atoms with E-state index in [9.17, 15) is 8.42 Å². The van der Waals surface area contributed by atoms with Crippen LogP contribution in [0.3, 0.4) is 0 Å². The highest BCUT2D eigenvalue weighted by Crippen LogP contribution is 2.18.